The Kier molecular flexibility index (Phi) is 5.46. The van der Waals surface area contributed by atoms with Crippen LogP contribution in [-0.2, 0) is 4.74 Å². The van der Waals surface area contributed by atoms with Gasteiger partial charge in [-0.3, -0.25) is 4.90 Å². The summed E-state index contributed by atoms with van der Waals surface area (Å²) in [6.07, 6.45) is 1.65. The van der Waals surface area contributed by atoms with Crippen LogP contribution in [0.2, 0.25) is 5.02 Å². The summed E-state index contributed by atoms with van der Waals surface area (Å²) in [4.78, 5) is 6.66. The maximum atomic E-state index is 5.92. The van der Waals surface area contributed by atoms with Crippen LogP contribution >= 0.6 is 11.6 Å². The van der Waals surface area contributed by atoms with Crippen molar-refractivity contribution in [1.29, 1.82) is 0 Å². The van der Waals surface area contributed by atoms with Gasteiger partial charge in [0.25, 0.3) is 0 Å². The van der Waals surface area contributed by atoms with Gasteiger partial charge in [-0.05, 0) is 36.4 Å². The van der Waals surface area contributed by atoms with Gasteiger partial charge in [-0.25, -0.2) is 4.98 Å². The van der Waals surface area contributed by atoms with E-state index in [4.69, 9.17) is 26.8 Å². The number of pyridine rings is 1. The molecule has 0 aliphatic carbocycles. The highest BCUT2D eigenvalue weighted by Gasteiger charge is 2.25. The van der Waals surface area contributed by atoms with E-state index in [1.165, 1.54) is 0 Å². The van der Waals surface area contributed by atoms with Gasteiger partial charge in [-0.2, -0.15) is 0 Å². The first kappa shape index (κ1) is 16.2. The van der Waals surface area contributed by atoms with Crippen LogP contribution in [0.1, 0.15) is 11.7 Å². The predicted molar refractivity (Wildman–Crippen MR) is 90.0 cm³/mol. The van der Waals surface area contributed by atoms with Gasteiger partial charge in [0, 0.05) is 43.0 Å². The highest BCUT2D eigenvalue weighted by Crippen LogP contribution is 2.31. The number of aromatic nitrogens is 1. The molecule has 1 unspecified atom stereocenters. The molecule has 23 heavy (non-hydrogen) atoms. The first-order valence-corrected chi connectivity index (χ1v) is 8.06. The van der Waals surface area contributed by atoms with Crippen LogP contribution < -0.4 is 10.5 Å². The molecule has 1 aromatic heterocycles. The smallest absolute Gasteiger partial charge is 0.225 e. The number of nitrogens with zero attached hydrogens (tertiary/aromatic N) is 2. The fraction of sp³-hybridized carbons (Fsp3) is 0.353. The average molecular weight is 334 g/mol. The fourth-order valence-corrected chi connectivity index (χ4v) is 2.75. The molecule has 0 amide bonds. The Bertz CT molecular complexity index is 634. The van der Waals surface area contributed by atoms with Gasteiger partial charge in [-0.15, -0.1) is 0 Å². The highest BCUT2D eigenvalue weighted by molar-refractivity contribution is 6.30. The molecule has 122 valence electrons. The third kappa shape index (κ3) is 4.20. The zero-order chi connectivity index (χ0) is 16.1. The number of halogens is 1. The Morgan fingerprint density at radius 1 is 1.30 bits per heavy atom. The Morgan fingerprint density at radius 2 is 2.13 bits per heavy atom. The molecule has 2 N–H and O–H groups in total. The molecule has 1 aliphatic rings. The second-order valence-electron chi connectivity index (χ2n) is 5.40. The number of hydrogen-bond acceptors (Lipinski definition) is 5. The number of rotatable bonds is 5. The summed E-state index contributed by atoms with van der Waals surface area (Å²) in [5.74, 6) is 1.26. The normalized spacial score (nSPS) is 18.8. The summed E-state index contributed by atoms with van der Waals surface area (Å²) in [6, 6.07) is 11.1. The van der Waals surface area contributed by atoms with Crippen molar-refractivity contribution in [3.63, 3.8) is 0 Å². The topological polar surface area (TPSA) is 60.6 Å². The van der Waals surface area contributed by atoms with Crippen LogP contribution in [0.3, 0.4) is 0 Å². The van der Waals surface area contributed by atoms with Gasteiger partial charge in [0.05, 0.1) is 6.61 Å². The third-order valence-electron chi connectivity index (χ3n) is 3.77. The van der Waals surface area contributed by atoms with E-state index in [1.807, 2.05) is 24.3 Å². The number of nitrogens with two attached hydrogens (primary N) is 1. The van der Waals surface area contributed by atoms with Crippen molar-refractivity contribution in [2.75, 3.05) is 32.8 Å². The second-order valence-corrected chi connectivity index (χ2v) is 5.84. The summed E-state index contributed by atoms with van der Waals surface area (Å²) in [7, 11) is 0. The fourth-order valence-electron chi connectivity index (χ4n) is 2.62. The van der Waals surface area contributed by atoms with Gasteiger partial charge in [-0.1, -0.05) is 11.6 Å². The van der Waals surface area contributed by atoms with Crippen molar-refractivity contribution in [2.45, 2.75) is 6.10 Å². The highest BCUT2D eigenvalue weighted by atomic mass is 35.5. The Hall–Kier alpha value is -1.66. The number of hydrogen-bond donors (Lipinski definition) is 1. The second kappa shape index (κ2) is 7.75. The lowest BCUT2D eigenvalue weighted by Crippen LogP contribution is -2.41. The molecule has 3 rings (SSSR count). The van der Waals surface area contributed by atoms with Gasteiger partial charge in [0.15, 0.2) is 0 Å². The van der Waals surface area contributed by atoms with E-state index in [2.05, 4.69) is 9.88 Å². The van der Waals surface area contributed by atoms with Crippen LogP contribution in [0.15, 0.2) is 42.6 Å². The van der Waals surface area contributed by atoms with E-state index < -0.39 is 0 Å². The molecule has 5 nitrogen and oxygen atoms in total. The van der Waals surface area contributed by atoms with E-state index >= 15 is 0 Å². The van der Waals surface area contributed by atoms with Crippen LogP contribution in [0.5, 0.6) is 11.6 Å². The lowest BCUT2D eigenvalue weighted by atomic mass is 10.1. The van der Waals surface area contributed by atoms with Gasteiger partial charge >= 0.3 is 0 Å². The summed E-state index contributed by atoms with van der Waals surface area (Å²) in [5.41, 5.74) is 6.61. The molecule has 0 saturated carbocycles. The molecule has 0 radical (unpaired) electrons. The Balaban J connectivity index is 1.78. The van der Waals surface area contributed by atoms with Crippen LogP contribution in [0.4, 0.5) is 0 Å². The van der Waals surface area contributed by atoms with Crippen molar-refractivity contribution in [1.82, 2.24) is 9.88 Å². The molecule has 0 spiro atoms. The van der Waals surface area contributed by atoms with Gasteiger partial charge in [0.2, 0.25) is 5.88 Å². The quantitative estimate of drug-likeness (QED) is 0.911. The first-order valence-electron chi connectivity index (χ1n) is 7.68. The largest absolute Gasteiger partial charge is 0.439 e. The molecule has 2 aromatic rings. The lowest BCUT2D eigenvalue weighted by Gasteiger charge is -2.33. The molecule has 2 heterocycles. The van der Waals surface area contributed by atoms with Crippen molar-refractivity contribution in [3.05, 3.63) is 53.2 Å². The third-order valence-corrected chi connectivity index (χ3v) is 4.02. The number of ether oxygens (including phenoxy) is 2. The molecule has 1 aromatic carbocycles. The van der Waals surface area contributed by atoms with E-state index in [-0.39, 0.29) is 6.10 Å². The van der Waals surface area contributed by atoms with Crippen molar-refractivity contribution >= 4 is 11.6 Å². The van der Waals surface area contributed by atoms with E-state index in [1.54, 1.807) is 18.3 Å². The maximum absolute atomic E-state index is 5.92. The van der Waals surface area contributed by atoms with Crippen molar-refractivity contribution < 1.29 is 9.47 Å². The van der Waals surface area contributed by atoms with Crippen molar-refractivity contribution in [3.8, 4) is 11.6 Å². The van der Waals surface area contributed by atoms with Gasteiger partial charge in [0.1, 0.15) is 11.9 Å². The molecule has 0 bridgehead atoms. The SMILES string of the molecule is NCCN1CCOC(c2cccnc2Oc2ccc(Cl)cc2)C1. The van der Waals surface area contributed by atoms with Crippen molar-refractivity contribution in [2.24, 2.45) is 5.73 Å². The Morgan fingerprint density at radius 3 is 2.91 bits per heavy atom. The predicted octanol–water partition coefficient (Wildman–Crippen LogP) is 2.86. The standard InChI is InChI=1S/C17H20ClN3O2/c18-13-3-5-14(6-4-13)23-17-15(2-1-8-20-17)16-12-21(9-7-19)10-11-22-16/h1-6,8,16H,7,9-12,19H2. The van der Waals surface area contributed by atoms with E-state index in [0.29, 0.717) is 29.8 Å². The van der Waals surface area contributed by atoms with Crippen LogP contribution in [-0.4, -0.2) is 42.7 Å². The summed E-state index contributed by atoms with van der Waals surface area (Å²) < 4.78 is 11.8. The molecule has 1 atom stereocenters. The summed E-state index contributed by atoms with van der Waals surface area (Å²) in [5, 5.41) is 0.673. The molecule has 1 saturated heterocycles. The zero-order valence-electron chi connectivity index (χ0n) is 12.8. The molecular weight excluding hydrogens is 314 g/mol. The molecule has 6 heteroatoms. The summed E-state index contributed by atoms with van der Waals surface area (Å²) in [6.45, 7) is 3.89. The number of morpholine rings is 1. The number of benzene rings is 1. The zero-order valence-corrected chi connectivity index (χ0v) is 13.6. The molecule has 1 aliphatic heterocycles. The summed E-state index contributed by atoms with van der Waals surface area (Å²) >= 11 is 5.91. The van der Waals surface area contributed by atoms with E-state index in [9.17, 15) is 0 Å². The first-order chi connectivity index (χ1) is 11.3. The van der Waals surface area contributed by atoms with Gasteiger partial charge < -0.3 is 15.2 Å². The van der Waals surface area contributed by atoms with Crippen LogP contribution in [0, 0.1) is 0 Å². The molecular formula is C17H20ClN3O2. The molecule has 1 fully saturated rings. The Labute approximate surface area is 141 Å². The van der Waals surface area contributed by atoms with E-state index in [0.717, 1.165) is 25.2 Å². The average Bonchev–Trinajstić information content (AvgIpc) is 2.58. The monoisotopic (exact) mass is 333 g/mol. The minimum atomic E-state index is -0.0636. The van der Waals surface area contributed by atoms with Crippen LogP contribution in [0.25, 0.3) is 0 Å². The minimum absolute atomic E-state index is 0.0636. The lowest BCUT2D eigenvalue weighted by molar-refractivity contribution is -0.0298. The minimum Gasteiger partial charge on any atom is -0.439 e. The maximum Gasteiger partial charge on any atom is 0.225 e.